The van der Waals surface area contributed by atoms with E-state index in [1.807, 2.05) is 0 Å². The molecular weight excluding hydrogens is 344 g/mol. The third-order valence-corrected chi connectivity index (χ3v) is 5.56. The number of carbonyl (C=O) groups is 4. The lowest BCUT2D eigenvalue weighted by Gasteiger charge is -2.33. The summed E-state index contributed by atoms with van der Waals surface area (Å²) in [5.74, 6) is -1.01. The summed E-state index contributed by atoms with van der Waals surface area (Å²) in [4.78, 5) is 49.4. The fraction of sp³-hybridized carbons (Fsp3) is 0.412. The molecule has 2 aliphatic rings. The number of nitrogens with one attached hydrogen (secondary N) is 1. The van der Waals surface area contributed by atoms with Gasteiger partial charge in [0.25, 0.3) is 11.8 Å². The van der Waals surface area contributed by atoms with E-state index < -0.39 is 29.2 Å². The maximum atomic E-state index is 12.3. The summed E-state index contributed by atoms with van der Waals surface area (Å²) in [6.45, 7) is -0.0668. The van der Waals surface area contributed by atoms with Gasteiger partial charge in [0.05, 0.1) is 11.1 Å². The van der Waals surface area contributed by atoms with Crippen LogP contribution in [0.25, 0.3) is 0 Å². The molecule has 0 radical (unpaired) electrons. The van der Waals surface area contributed by atoms with E-state index in [0.717, 1.165) is 4.90 Å². The van der Waals surface area contributed by atoms with Gasteiger partial charge in [-0.1, -0.05) is 12.1 Å². The Labute approximate surface area is 148 Å². The summed E-state index contributed by atoms with van der Waals surface area (Å²) in [6, 6.07) is 6.51. The second-order valence-corrected chi connectivity index (χ2v) is 7.33. The summed E-state index contributed by atoms with van der Waals surface area (Å²) in [7, 11) is 0. The Kier molecular flexibility index (Phi) is 4.80. The van der Waals surface area contributed by atoms with Crippen molar-refractivity contribution in [1.29, 1.82) is 0 Å². The Balaban J connectivity index is 1.62. The van der Waals surface area contributed by atoms with Gasteiger partial charge in [0.2, 0.25) is 5.91 Å². The van der Waals surface area contributed by atoms with E-state index in [1.165, 1.54) is 0 Å². The molecule has 1 aromatic carbocycles. The van der Waals surface area contributed by atoms with Crippen molar-refractivity contribution >= 4 is 35.5 Å². The van der Waals surface area contributed by atoms with Crippen molar-refractivity contribution in [1.82, 2.24) is 10.2 Å². The molecule has 1 saturated heterocycles. The third kappa shape index (κ3) is 3.26. The van der Waals surface area contributed by atoms with Gasteiger partial charge in [0, 0.05) is 13.0 Å². The highest BCUT2D eigenvalue weighted by molar-refractivity contribution is 7.99. The monoisotopic (exact) mass is 362 g/mol. The summed E-state index contributed by atoms with van der Waals surface area (Å²) in [6.07, 6.45) is 0.616. The quantitative estimate of drug-likeness (QED) is 0.761. The predicted molar refractivity (Wildman–Crippen MR) is 91.5 cm³/mol. The first-order valence-electron chi connectivity index (χ1n) is 8.02. The van der Waals surface area contributed by atoms with Crippen LogP contribution in [0.3, 0.4) is 0 Å². The summed E-state index contributed by atoms with van der Waals surface area (Å²) in [5.41, 5.74) is -0.580. The molecule has 1 fully saturated rings. The van der Waals surface area contributed by atoms with E-state index in [-0.39, 0.29) is 13.0 Å². The second-order valence-electron chi connectivity index (χ2n) is 6.11. The van der Waals surface area contributed by atoms with E-state index in [2.05, 4.69) is 5.32 Å². The molecule has 2 N–H and O–H groups in total. The van der Waals surface area contributed by atoms with E-state index in [4.69, 9.17) is 0 Å². The summed E-state index contributed by atoms with van der Waals surface area (Å²) >= 11 is 1.66. The molecule has 2 aliphatic heterocycles. The number of benzene rings is 1. The van der Waals surface area contributed by atoms with Crippen LogP contribution in [-0.4, -0.2) is 57.3 Å². The fourth-order valence-corrected chi connectivity index (χ4v) is 4.29. The summed E-state index contributed by atoms with van der Waals surface area (Å²) in [5, 5.41) is 12.1. The number of imide groups is 1. The lowest BCUT2D eigenvalue weighted by molar-refractivity contribution is -0.148. The van der Waals surface area contributed by atoms with Crippen LogP contribution in [0.5, 0.6) is 0 Å². The number of nitrogens with zero attached hydrogens (tertiary/aromatic N) is 1. The molecule has 0 aliphatic carbocycles. The van der Waals surface area contributed by atoms with Gasteiger partial charge in [-0.05, 0) is 36.5 Å². The number of fused-ring (bicyclic) bond motifs is 1. The molecule has 0 unspecified atom stereocenters. The molecular formula is C17H18N2O5S. The largest absolute Gasteiger partial charge is 0.480 e. The molecule has 0 atom stereocenters. The molecule has 3 rings (SSSR count). The maximum Gasteiger partial charge on any atom is 0.329 e. The molecule has 1 aromatic rings. The predicted octanol–water partition coefficient (Wildman–Crippen LogP) is 1.14. The molecule has 7 nitrogen and oxygen atoms in total. The van der Waals surface area contributed by atoms with Crippen molar-refractivity contribution in [2.45, 2.75) is 24.8 Å². The van der Waals surface area contributed by atoms with Gasteiger partial charge in [0.15, 0.2) is 0 Å². The zero-order valence-corrected chi connectivity index (χ0v) is 14.3. The number of amides is 3. The van der Waals surface area contributed by atoms with Gasteiger partial charge in [-0.25, -0.2) is 4.79 Å². The molecule has 0 spiro atoms. The highest BCUT2D eigenvalue weighted by Crippen LogP contribution is 2.28. The first kappa shape index (κ1) is 17.5. The van der Waals surface area contributed by atoms with Gasteiger partial charge in [-0.3, -0.25) is 19.3 Å². The van der Waals surface area contributed by atoms with Crippen LogP contribution < -0.4 is 5.32 Å². The van der Waals surface area contributed by atoms with E-state index in [9.17, 15) is 24.3 Å². The highest BCUT2D eigenvalue weighted by Gasteiger charge is 2.41. The lowest BCUT2D eigenvalue weighted by Crippen LogP contribution is -2.56. The molecule has 0 saturated carbocycles. The molecule has 132 valence electrons. The maximum absolute atomic E-state index is 12.3. The van der Waals surface area contributed by atoms with Crippen molar-refractivity contribution in [2.75, 3.05) is 18.1 Å². The number of carboxylic acid groups (broad SMARTS) is 1. The highest BCUT2D eigenvalue weighted by atomic mass is 32.2. The van der Waals surface area contributed by atoms with Crippen molar-refractivity contribution in [2.24, 2.45) is 0 Å². The Hall–Kier alpha value is -2.35. The van der Waals surface area contributed by atoms with E-state index in [1.54, 1.807) is 36.0 Å². The average molecular weight is 362 g/mol. The normalized spacial score (nSPS) is 18.8. The minimum atomic E-state index is -1.25. The lowest BCUT2D eigenvalue weighted by atomic mass is 9.92. The first-order valence-corrected chi connectivity index (χ1v) is 9.17. The zero-order chi connectivity index (χ0) is 18.0. The molecule has 3 amide bonds. The van der Waals surface area contributed by atoms with Gasteiger partial charge in [-0.15, -0.1) is 0 Å². The van der Waals surface area contributed by atoms with Crippen LogP contribution in [-0.2, 0) is 9.59 Å². The Morgan fingerprint density at radius 2 is 1.68 bits per heavy atom. The number of thioether (sulfide) groups is 1. The molecule has 2 heterocycles. The van der Waals surface area contributed by atoms with Crippen LogP contribution >= 0.6 is 11.8 Å². The smallest absolute Gasteiger partial charge is 0.329 e. The summed E-state index contributed by atoms with van der Waals surface area (Å²) < 4.78 is 0. The number of hydrogen-bond acceptors (Lipinski definition) is 5. The number of carbonyl (C=O) groups excluding carboxylic acids is 3. The minimum Gasteiger partial charge on any atom is -0.480 e. The number of rotatable bonds is 5. The first-order chi connectivity index (χ1) is 11.9. The van der Waals surface area contributed by atoms with E-state index >= 15 is 0 Å². The molecule has 0 aromatic heterocycles. The third-order valence-electron chi connectivity index (χ3n) is 4.58. The van der Waals surface area contributed by atoms with Crippen LogP contribution in [0, 0.1) is 0 Å². The van der Waals surface area contributed by atoms with Gasteiger partial charge >= 0.3 is 5.97 Å². The van der Waals surface area contributed by atoms with Crippen molar-refractivity contribution in [3.63, 3.8) is 0 Å². The molecule has 25 heavy (non-hydrogen) atoms. The number of hydrogen-bond donors (Lipinski definition) is 2. The standard InChI is InChI=1S/C17H18N2O5S/c20-13(18-17(16(23)24)6-9-25-10-7-17)5-8-19-14(21)11-3-1-2-4-12(11)15(19)22/h1-4H,5-10H2,(H,18,20)(H,23,24). The Bertz CT molecular complexity index is 707. The SMILES string of the molecule is O=C(CCN1C(=O)c2ccccc2C1=O)NC1(C(=O)O)CCSCC1. The van der Waals surface area contributed by atoms with Crippen molar-refractivity contribution in [3.05, 3.63) is 35.4 Å². The zero-order valence-electron chi connectivity index (χ0n) is 13.5. The van der Waals surface area contributed by atoms with Gasteiger partial charge in [0.1, 0.15) is 5.54 Å². The van der Waals surface area contributed by atoms with Gasteiger partial charge in [-0.2, -0.15) is 11.8 Å². The molecule has 0 bridgehead atoms. The minimum absolute atomic E-state index is 0.0668. The van der Waals surface area contributed by atoms with E-state index in [0.29, 0.717) is 35.5 Å². The molecule has 8 heteroatoms. The number of carboxylic acids is 1. The topological polar surface area (TPSA) is 104 Å². The van der Waals surface area contributed by atoms with Crippen LogP contribution in [0.1, 0.15) is 40.0 Å². The van der Waals surface area contributed by atoms with Crippen molar-refractivity contribution < 1.29 is 24.3 Å². The van der Waals surface area contributed by atoms with Crippen LogP contribution in [0.15, 0.2) is 24.3 Å². The van der Waals surface area contributed by atoms with Crippen LogP contribution in [0.2, 0.25) is 0 Å². The Morgan fingerprint density at radius 1 is 1.12 bits per heavy atom. The average Bonchev–Trinajstić information content (AvgIpc) is 2.85. The van der Waals surface area contributed by atoms with Crippen LogP contribution in [0.4, 0.5) is 0 Å². The Morgan fingerprint density at radius 3 is 2.20 bits per heavy atom. The van der Waals surface area contributed by atoms with Crippen molar-refractivity contribution in [3.8, 4) is 0 Å². The van der Waals surface area contributed by atoms with Gasteiger partial charge < -0.3 is 10.4 Å². The number of aliphatic carboxylic acids is 1. The second kappa shape index (κ2) is 6.87. The fourth-order valence-electron chi connectivity index (χ4n) is 3.10.